The third kappa shape index (κ3) is 3.29. The number of nitrogens with two attached hydrogens (primary N) is 1. The summed E-state index contributed by atoms with van der Waals surface area (Å²) in [4.78, 5) is 11.6. The summed E-state index contributed by atoms with van der Waals surface area (Å²) in [6.45, 7) is 2.48. The predicted octanol–water partition coefficient (Wildman–Crippen LogP) is 0.848. The van der Waals surface area contributed by atoms with E-state index < -0.39 is 11.9 Å². The predicted molar refractivity (Wildman–Crippen MR) is 71.7 cm³/mol. The van der Waals surface area contributed by atoms with Crippen LogP contribution in [0.3, 0.4) is 0 Å². The molecular formula is C13H20N2O4. The summed E-state index contributed by atoms with van der Waals surface area (Å²) in [5.74, 6) is 1.06. The van der Waals surface area contributed by atoms with E-state index in [4.69, 9.17) is 19.9 Å². The number of methoxy groups -OCH3 is 3. The van der Waals surface area contributed by atoms with Gasteiger partial charge in [-0.25, -0.2) is 0 Å². The van der Waals surface area contributed by atoms with Crippen LogP contribution < -0.4 is 25.3 Å². The monoisotopic (exact) mass is 268 g/mol. The van der Waals surface area contributed by atoms with E-state index >= 15 is 0 Å². The SMILES string of the molecule is CCNC(C(N)=O)c1c(OC)cc(OC)cc1OC. The maximum absolute atomic E-state index is 11.6. The molecule has 3 N–H and O–H groups in total. The smallest absolute Gasteiger partial charge is 0.239 e. The van der Waals surface area contributed by atoms with Gasteiger partial charge in [0.2, 0.25) is 5.91 Å². The zero-order chi connectivity index (χ0) is 14.4. The van der Waals surface area contributed by atoms with E-state index in [0.29, 0.717) is 29.4 Å². The van der Waals surface area contributed by atoms with Crippen molar-refractivity contribution in [2.24, 2.45) is 5.73 Å². The fourth-order valence-electron chi connectivity index (χ4n) is 1.87. The van der Waals surface area contributed by atoms with Gasteiger partial charge in [-0.2, -0.15) is 0 Å². The number of nitrogens with one attached hydrogen (secondary N) is 1. The Morgan fingerprint density at radius 1 is 1.21 bits per heavy atom. The first kappa shape index (κ1) is 15.1. The lowest BCUT2D eigenvalue weighted by molar-refractivity contribution is -0.120. The Labute approximate surface area is 112 Å². The highest BCUT2D eigenvalue weighted by molar-refractivity contribution is 5.83. The number of carbonyl (C=O) groups is 1. The van der Waals surface area contributed by atoms with E-state index in [-0.39, 0.29) is 0 Å². The topological polar surface area (TPSA) is 82.8 Å². The van der Waals surface area contributed by atoms with Gasteiger partial charge in [0, 0.05) is 12.1 Å². The molecule has 0 aromatic heterocycles. The number of benzene rings is 1. The molecule has 0 saturated heterocycles. The first-order valence-corrected chi connectivity index (χ1v) is 5.91. The molecular weight excluding hydrogens is 248 g/mol. The molecule has 1 rings (SSSR count). The lowest BCUT2D eigenvalue weighted by atomic mass is 10.0. The average molecular weight is 268 g/mol. The van der Waals surface area contributed by atoms with Crippen LogP contribution in [0.1, 0.15) is 18.5 Å². The molecule has 1 aromatic carbocycles. The summed E-state index contributed by atoms with van der Waals surface area (Å²) in [5.41, 5.74) is 6.00. The number of hydrogen-bond donors (Lipinski definition) is 2. The Balaban J connectivity index is 3.40. The minimum atomic E-state index is -0.680. The Morgan fingerprint density at radius 2 is 1.74 bits per heavy atom. The van der Waals surface area contributed by atoms with Gasteiger partial charge in [-0.3, -0.25) is 4.79 Å². The van der Waals surface area contributed by atoms with E-state index in [1.165, 1.54) is 14.2 Å². The van der Waals surface area contributed by atoms with Crippen LogP contribution in [-0.2, 0) is 4.79 Å². The summed E-state index contributed by atoms with van der Waals surface area (Å²) in [5, 5.41) is 3.01. The zero-order valence-electron chi connectivity index (χ0n) is 11.6. The molecule has 0 saturated carbocycles. The van der Waals surface area contributed by atoms with E-state index in [1.54, 1.807) is 19.2 Å². The summed E-state index contributed by atoms with van der Waals surface area (Å²) in [6.07, 6.45) is 0. The molecule has 6 nitrogen and oxygen atoms in total. The van der Waals surface area contributed by atoms with Gasteiger partial charge >= 0.3 is 0 Å². The van der Waals surface area contributed by atoms with Crippen LogP contribution in [0.25, 0.3) is 0 Å². The largest absolute Gasteiger partial charge is 0.496 e. The van der Waals surface area contributed by atoms with Crippen molar-refractivity contribution in [2.45, 2.75) is 13.0 Å². The first-order chi connectivity index (χ1) is 9.08. The van der Waals surface area contributed by atoms with E-state index in [9.17, 15) is 4.79 Å². The molecule has 0 aliphatic carbocycles. The molecule has 1 atom stereocenters. The molecule has 0 radical (unpaired) electrons. The lowest BCUT2D eigenvalue weighted by Gasteiger charge is -2.21. The van der Waals surface area contributed by atoms with Crippen LogP contribution in [0.5, 0.6) is 17.2 Å². The van der Waals surface area contributed by atoms with Gasteiger partial charge < -0.3 is 25.3 Å². The maximum Gasteiger partial charge on any atom is 0.239 e. The van der Waals surface area contributed by atoms with Crippen molar-refractivity contribution in [3.05, 3.63) is 17.7 Å². The number of carbonyl (C=O) groups excluding carboxylic acids is 1. The molecule has 106 valence electrons. The summed E-state index contributed by atoms with van der Waals surface area (Å²) < 4.78 is 15.8. The Morgan fingerprint density at radius 3 is 2.05 bits per heavy atom. The minimum absolute atomic E-state index is 0.487. The van der Waals surface area contributed by atoms with E-state index in [0.717, 1.165) is 0 Å². The van der Waals surface area contributed by atoms with Crippen molar-refractivity contribution in [2.75, 3.05) is 27.9 Å². The van der Waals surface area contributed by atoms with Crippen molar-refractivity contribution >= 4 is 5.91 Å². The molecule has 0 heterocycles. The third-order valence-electron chi connectivity index (χ3n) is 2.73. The molecule has 0 spiro atoms. The third-order valence-corrected chi connectivity index (χ3v) is 2.73. The van der Waals surface area contributed by atoms with Gasteiger partial charge in [0.05, 0.1) is 26.9 Å². The molecule has 1 aromatic rings. The van der Waals surface area contributed by atoms with Crippen molar-refractivity contribution < 1.29 is 19.0 Å². The number of hydrogen-bond acceptors (Lipinski definition) is 5. The Bertz CT molecular complexity index is 423. The maximum atomic E-state index is 11.6. The molecule has 1 unspecified atom stereocenters. The first-order valence-electron chi connectivity index (χ1n) is 5.91. The van der Waals surface area contributed by atoms with Gasteiger partial charge in [-0.1, -0.05) is 6.92 Å². The second-order valence-corrected chi connectivity index (χ2v) is 3.84. The second-order valence-electron chi connectivity index (χ2n) is 3.84. The van der Waals surface area contributed by atoms with Gasteiger partial charge in [0.1, 0.15) is 23.3 Å². The number of rotatable bonds is 7. The van der Waals surface area contributed by atoms with Crippen LogP contribution in [0.2, 0.25) is 0 Å². The minimum Gasteiger partial charge on any atom is -0.496 e. The second kappa shape index (κ2) is 6.84. The summed E-state index contributed by atoms with van der Waals surface area (Å²) in [7, 11) is 4.58. The highest BCUT2D eigenvalue weighted by Crippen LogP contribution is 2.38. The molecule has 0 fully saturated rings. The summed E-state index contributed by atoms with van der Waals surface area (Å²) in [6, 6.07) is 2.69. The van der Waals surface area contributed by atoms with Crippen LogP contribution in [0, 0.1) is 0 Å². The number of likely N-dealkylation sites (N-methyl/N-ethyl adjacent to an activating group) is 1. The number of primary amides is 1. The molecule has 0 aliphatic rings. The quantitative estimate of drug-likeness (QED) is 0.766. The normalized spacial score (nSPS) is 11.8. The van der Waals surface area contributed by atoms with Gasteiger partial charge in [0.15, 0.2) is 0 Å². The fraction of sp³-hybridized carbons (Fsp3) is 0.462. The van der Waals surface area contributed by atoms with Crippen LogP contribution in [0.4, 0.5) is 0 Å². The Hall–Kier alpha value is -1.95. The van der Waals surface area contributed by atoms with Gasteiger partial charge in [-0.05, 0) is 6.54 Å². The van der Waals surface area contributed by atoms with Crippen molar-refractivity contribution in [3.63, 3.8) is 0 Å². The molecule has 0 bridgehead atoms. The molecule has 0 aliphatic heterocycles. The van der Waals surface area contributed by atoms with E-state index in [2.05, 4.69) is 5.32 Å². The van der Waals surface area contributed by atoms with Gasteiger partial charge in [-0.15, -0.1) is 0 Å². The Kier molecular flexibility index (Phi) is 5.44. The van der Waals surface area contributed by atoms with Crippen molar-refractivity contribution in [3.8, 4) is 17.2 Å². The molecule has 1 amide bonds. The highest BCUT2D eigenvalue weighted by Gasteiger charge is 2.26. The van der Waals surface area contributed by atoms with Crippen molar-refractivity contribution in [1.82, 2.24) is 5.32 Å². The van der Waals surface area contributed by atoms with Crippen molar-refractivity contribution in [1.29, 1.82) is 0 Å². The zero-order valence-corrected chi connectivity index (χ0v) is 11.6. The molecule has 19 heavy (non-hydrogen) atoms. The van der Waals surface area contributed by atoms with Crippen LogP contribution >= 0.6 is 0 Å². The van der Waals surface area contributed by atoms with Crippen LogP contribution in [0.15, 0.2) is 12.1 Å². The van der Waals surface area contributed by atoms with Gasteiger partial charge in [0.25, 0.3) is 0 Å². The number of ether oxygens (including phenoxy) is 3. The summed E-state index contributed by atoms with van der Waals surface area (Å²) >= 11 is 0. The molecule has 6 heteroatoms. The fourth-order valence-corrected chi connectivity index (χ4v) is 1.87. The lowest BCUT2D eigenvalue weighted by Crippen LogP contribution is -2.34. The number of amides is 1. The van der Waals surface area contributed by atoms with Crippen LogP contribution in [-0.4, -0.2) is 33.8 Å². The van der Waals surface area contributed by atoms with E-state index in [1.807, 2.05) is 6.92 Å². The standard InChI is InChI=1S/C13H20N2O4/c1-5-15-12(13(14)16)11-9(18-3)6-8(17-2)7-10(11)19-4/h6-7,12,15H,5H2,1-4H3,(H2,14,16). The highest BCUT2D eigenvalue weighted by atomic mass is 16.5. The average Bonchev–Trinajstić information content (AvgIpc) is 2.43.